The monoisotopic (exact) mass is 173 g/mol. The molecule has 0 aliphatic rings. The predicted molar refractivity (Wildman–Crippen MR) is 53.2 cm³/mol. The Morgan fingerprint density at radius 2 is 2.00 bits per heavy atom. The molecule has 0 aliphatic carbocycles. The third-order valence-electron chi connectivity index (χ3n) is 1.66. The standard InChI is InChI=1S/C10H23NO/c1-5-6-9(2)7-12-8-10(3,4)11/h9H,5-8,11H2,1-4H3. The maximum absolute atomic E-state index is 5.77. The van der Waals surface area contributed by atoms with Gasteiger partial charge in [0.15, 0.2) is 0 Å². The minimum atomic E-state index is -0.189. The molecule has 0 bridgehead atoms. The molecule has 12 heavy (non-hydrogen) atoms. The molecule has 0 amide bonds. The summed E-state index contributed by atoms with van der Waals surface area (Å²) >= 11 is 0. The highest BCUT2D eigenvalue weighted by atomic mass is 16.5. The van der Waals surface area contributed by atoms with E-state index in [9.17, 15) is 0 Å². The van der Waals surface area contributed by atoms with Gasteiger partial charge < -0.3 is 10.5 Å². The molecule has 0 aromatic carbocycles. The Morgan fingerprint density at radius 1 is 1.42 bits per heavy atom. The molecule has 0 radical (unpaired) electrons. The molecule has 0 aromatic heterocycles. The van der Waals surface area contributed by atoms with Gasteiger partial charge >= 0.3 is 0 Å². The van der Waals surface area contributed by atoms with Crippen molar-refractivity contribution in [1.29, 1.82) is 0 Å². The van der Waals surface area contributed by atoms with Crippen molar-refractivity contribution >= 4 is 0 Å². The van der Waals surface area contributed by atoms with Crippen LogP contribution in [0.2, 0.25) is 0 Å². The lowest BCUT2D eigenvalue weighted by molar-refractivity contribution is 0.0715. The summed E-state index contributed by atoms with van der Waals surface area (Å²) in [6, 6.07) is 0. The van der Waals surface area contributed by atoms with Crippen LogP contribution in [-0.2, 0) is 4.74 Å². The van der Waals surface area contributed by atoms with Gasteiger partial charge in [0.05, 0.1) is 6.61 Å². The van der Waals surface area contributed by atoms with Crippen molar-refractivity contribution in [2.24, 2.45) is 11.7 Å². The number of ether oxygens (including phenoxy) is 1. The van der Waals surface area contributed by atoms with Gasteiger partial charge in [-0.3, -0.25) is 0 Å². The molecular formula is C10H23NO. The van der Waals surface area contributed by atoms with Crippen LogP contribution in [0, 0.1) is 5.92 Å². The lowest BCUT2D eigenvalue weighted by Crippen LogP contribution is -2.37. The fourth-order valence-electron chi connectivity index (χ4n) is 1.10. The zero-order chi connectivity index (χ0) is 9.61. The first-order valence-corrected chi connectivity index (χ1v) is 4.82. The average Bonchev–Trinajstić information content (AvgIpc) is 1.84. The Hall–Kier alpha value is -0.0800. The normalized spacial score (nSPS) is 14.8. The molecule has 0 fully saturated rings. The Kier molecular flexibility index (Phi) is 5.51. The van der Waals surface area contributed by atoms with E-state index in [-0.39, 0.29) is 5.54 Å². The van der Waals surface area contributed by atoms with E-state index in [2.05, 4.69) is 13.8 Å². The van der Waals surface area contributed by atoms with E-state index in [0.29, 0.717) is 12.5 Å². The zero-order valence-corrected chi connectivity index (χ0v) is 8.89. The van der Waals surface area contributed by atoms with Crippen LogP contribution >= 0.6 is 0 Å². The summed E-state index contributed by atoms with van der Waals surface area (Å²) in [5.41, 5.74) is 5.58. The van der Waals surface area contributed by atoms with Gasteiger partial charge in [0, 0.05) is 12.1 Å². The molecule has 0 spiro atoms. The van der Waals surface area contributed by atoms with Crippen LogP contribution in [0.3, 0.4) is 0 Å². The molecule has 0 aromatic rings. The van der Waals surface area contributed by atoms with Crippen molar-refractivity contribution in [3.05, 3.63) is 0 Å². The van der Waals surface area contributed by atoms with Crippen LogP contribution in [-0.4, -0.2) is 18.8 Å². The fraction of sp³-hybridized carbons (Fsp3) is 1.00. The van der Waals surface area contributed by atoms with Gasteiger partial charge in [-0.25, -0.2) is 0 Å². The number of rotatable bonds is 6. The fourth-order valence-corrected chi connectivity index (χ4v) is 1.10. The van der Waals surface area contributed by atoms with Gasteiger partial charge in [-0.2, -0.15) is 0 Å². The zero-order valence-electron chi connectivity index (χ0n) is 8.89. The second-order valence-corrected chi connectivity index (χ2v) is 4.40. The van der Waals surface area contributed by atoms with Gasteiger partial charge in [-0.15, -0.1) is 0 Å². The van der Waals surface area contributed by atoms with E-state index in [1.54, 1.807) is 0 Å². The highest BCUT2D eigenvalue weighted by molar-refractivity contribution is 4.70. The first-order chi connectivity index (χ1) is 5.45. The second-order valence-electron chi connectivity index (χ2n) is 4.40. The first kappa shape index (κ1) is 11.9. The van der Waals surface area contributed by atoms with Crippen molar-refractivity contribution in [3.63, 3.8) is 0 Å². The molecule has 0 heterocycles. The molecular weight excluding hydrogens is 150 g/mol. The molecule has 2 N–H and O–H groups in total. The average molecular weight is 173 g/mol. The molecule has 2 heteroatoms. The number of hydrogen-bond donors (Lipinski definition) is 1. The largest absolute Gasteiger partial charge is 0.379 e. The highest BCUT2D eigenvalue weighted by Crippen LogP contribution is 2.06. The van der Waals surface area contributed by atoms with Gasteiger partial charge in [-0.05, 0) is 26.2 Å². The molecule has 0 rings (SSSR count). The smallest absolute Gasteiger partial charge is 0.0640 e. The lowest BCUT2D eigenvalue weighted by Gasteiger charge is -2.19. The van der Waals surface area contributed by atoms with Crippen LogP contribution < -0.4 is 5.73 Å². The first-order valence-electron chi connectivity index (χ1n) is 4.82. The van der Waals surface area contributed by atoms with E-state index in [0.717, 1.165) is 6.61 Å². The third-order valence-corrected chi connectivity index (χ3v) is 1.66. The second kappa shape index (κ2) is 5.55. The quantitative estimate of drug-likeness (QED) is 0.668. The van der Waals surface area contributed by atoms with Crippen LogP contribution in [0.5, 0.6) is 0 Å². The molecule has 0 saturated carbocycles. The van der Waals surface area contributed by atoms with Gasteiger partial charge in [0.2, 0.25) is 0 Å². The van der Waals surface area contributed by atoms with E-state index < -0.39 is 0 Å². The summed E-state index contributed by atoms with van der Waals surface area (Å²) in [6.45, 7) is 9.88. The van der Waals surface area contributed by atoms with Crippen LogP contribution in [0.4, 0.5) is 0 Å². The topological polar surface area (TPSA) is 35.2 Å². The Labute approximate surface area is 76.5 Å². The number of nitrogens with two attached hydrogens (primary N) is 1. The summed E-state index contributed by atoms with van der Waals surface area (Å²) < 4.78 is 5.49. The van der Waals surface area contributed by atoms with Crippen molar-refractivity contribution in [3.8, 4) is 0 Å². The summed E-state index contributed by atoms with van der Waals surface area (Å²) in [5.74, 6) is 0.664. The van der Waals surface area contributed by atoms with Crippen LogP contribution in [0.1, 0.15) is 40.5 Å². The third kappa shape index (κ3) is 8.02. The van der Waals surface area contributed by atoms with Crippen LogP contribution in [0.15, 0.2) is 0 Å². The van der Waals surface area contributed by atoms with Crippen LogP contribution in [0.25, 0.3) is 0 Å². The summed E-state index contributed by atoms with van der Waals surface area (Å²) in [5, 5.41) is 0. The molecule has 0 saturated heterocycles. The van der Waals surface area contributed by atoms with E-state index in [1.807, 2.05) is 13.8 Å². The molecule has 1 unspecified atom stereocenters. The van der Waals surface area contributed by atoms with Crippen molar-refractivity contribution < 1.29 is 4.74 Å². The SMILES string of the molecule is CCCC(C)COCC(C)(C)N. The summed E-state index contributed by atoms with van der Waals surface area (Å²) in [6.07, 6.45) is 2.47. The van der Waals surface area contributed by atoms with E-state index in [4.69, 9.17) is 10.5 Å². The summed E-state index contributed by atoms with van der Waals surface area (Å²) in [7, 11) is 0. The molecule has 0 aliphatic heterocycles. The predicted octanol–water partition coefficient (Wildman–Crippen LogP) is 2.18. The minimum Gasteiger partial charge on any atom is -0.379 e. The number of hydrogen-bond acceptors (Lipinski definition) is 2. The molecule has 2 nitrogen and oxygen atoms in total. The van der Waals surface area contributed by atoms with Crippen molar-refractivity contribution in [1.82, 2.24) is 0 Å². The maximum Gasteiger partial charge on any atom is 0.0640 e. The molecule has 74 valence electrons. The van der Waals surface area contributed by atoms with Gasteiger partial charge in [0.25, 0.3) is 0 Å². The van der Waals surface area contributed by atoms with Gasteiger partial charge in [-0.1, -0.05) is 20.3 Å². The van der Waals surface area contributed by atoms with E-state index in [1.165, 1.54) is 12.8 Å². The lowest BCUT2D eigenvalue weighted by atomic mass is 10.1. The van der Waals surface area contributed by atoms with Crippen molar-refractivity contribution in [2.75, 3.05) is 13.2 Å². The molecule has 1 atom stereocenters. The van der Waals surface area contributed by atoms with E-state index >= 15 is 0 Å². The maximum atomic E-state index is 5.77. The Balaban J connectivity index is 3.31. The summed E-state index contributed by atoms with van der Waals surface area (Å²) in [4.78, 5) is 0. The Bertz CT molecular complexity index is 107. The Morgan fingerprint density at radius 3 is 2.42 bits per heavy atom. The van der Waals surface area contributed by atoms with Gasteiger partial charge in [0.1, 0.15) is 0 Å². The van der Waals surface area contributed by atoms with Crippen molar-refractivity contribution in [2.45, 2.75) is 46.1 Å². The highest BCUT2D eigenvalue weighted by Gasteiger charge is 2.11. The minimum absolute atomic E-state index is 0.189.